The maximum atomic E-state index is 6.01. The first-order valence-corrected chi connectivity index (χ1v) is 7.75. The van der Waals surface area contributed by atoms with Gasteiger partial charge in [0.25, 0.3) is 0 Å². The summed E-state index contributed by atoms with van der Waals surface area (Å²) in [6.07, 6.45) is 6.60. The molecule has 0 N–H and O–H groups in total. The summed E-state index contributed by atoms with van der Waals surface area (Å²) in [5.41, 5.74) is 0.460. The molecule has 2 heterocycles. The number of hydrogen-bond donors (Lipinski definition) is 0. The number of aromatic nitrogens is 2. The van der Waals surface area contributed by atoms with E-state index in [0.29, 0.717) is 0 Å². The van der Waals surface area contributed by atoms with Gasteiger partial charge in [-0.15, -0.1) is 0 Å². The molecule has 1 aromatic heterocycles. The van der Waals surface area contributed by atoms with Crippen LogP contribution in [0.25, 0.3) is 0 Å². The second kappa shape index (κ2) is 5.53. The average Bonchev–Trinajstić information content (AvgIpc) is 2.99. The fraction of sp³-hybridized carbons (Fsp3) is 0.800. The minimum atomic E-state index is -0.289. The Morgan fingerprint density at radius 2 is 1.75 bits per heavy atom. The first-order chi connectivity index (χ1) is 9.37. The predicted octanol–water partition coefficient (Wildman–Crippen LogP) is 2.62. The Hall–Kier alpha value is -0.805. The molecule has 4 nitrogen and oxygen atoms in total. The van der Waals surface area contributed by atoms with Crippen LogP contribution in [0.3, 0.4) is 0 Å². The third kappa shape index (κ3) is 3.09. The lowest BCUT2D eigenvalue weighted by Gasteiger charge is -2.32. The molecule has 0 amide bonds. The molecule has 0 spiro atoms. The quantitative estimate of drug-likeness (QED) is 0.797. The molecule has 1 aliphatic heterocycles. The van der Waals surface area contributed by atoms with Crippen molar-refractivity contribution in [2.75, 3.05) is 0 Å². The Morgan fingerprint density at radius 1 is 1.20 bits per heavy atom. The fourth-order valence-corrected chi connectivity index (χ4v) is 2.15. The van der Waals surface area contributed by atoms with Gasteiger partial charge in [0.15, 0.2) is 0 Å². The summed E-state index contributed by atoms with van der Waals surface area (Å²) in [6.45, 7) is 13.3. The first-order valence-electron chi connectivity index (χ1n) is 7.75. The normalized spacial score (nSPS) is 23.4. The highest BCUT2D eigenvalue weighted by molar-refractivity contribution is 6.61. The van der Waals surface area contributed by atoms with Gasteiger partial charge in [-0.3, -0.25) is 4.68 Å². The smallest absolute Gasteiger partial charge is 0.399 e. The van der Waals surface area contributed by atoms with Crippen LogP contribution in [0.5, 0.6) is 0 Å². The lowest BCUT2D eigenvalue weighted by Crippen LogP contribution is -2.41. The van der Waals surface area contributed by atoms with Crippen LogP contribution in [0.1, 0.15) is 54.4 Å². The van der Waals surface area contributed by atoms with Crippen LogP contribution in [0, 0.1) is 5.92 Å². The molecule has 1 saturated heterocycles. The Labute approximate surface area is 123 Å². The summed E-state index contributed by atoms with van der Waals surface area (Å²) < 4.78 is 14.0. The van der Waals surface area contributed by atoms with Crippen molar-refractivity contribution in [2.45, 2.75) is 72.1 Å². The molecular weight excluding hydrogens is 251 g/mol. The number of rotatable bonds is 3. The van der Waals surface area contributed by atoms with Crippen molar-refractivity contribution >= 4 is 12.6 Å². The SMILES string of the molecule is CC.CC1(C)OB(c2cnn(CC3CC3)c2)OC1(C)C. The Kier molecular flexibility index (Phi) is 4.31. The van der Waals surface area contributed by atoms with E-state index in [0.717, 1.165) is 17.9 Å². The van der Waals surface area contributed by atoms with Gasteiger partial charge in [0.1, 0.15) is 0 Å². The van der Waals surface area contributed by atoms with Crippen LogP contribution < -0.4 is 5.46 Å². The molecule has 0 radical (unpaired) electrons. The van der Waals surface area contributed by atoms with Gasteiger partial charge < -0.3 is 9.31 Å². The molecule has 2 aliphatic rings. The van der Waals surface area contributed by atoms with E-state index >= 15 is 0 Å². The van der Waals surface area contributed by atoms with E-state index in [-0.39, 0.29) is 18.3 Å². The average molecular weight is 278 g/mol. The fourth-order valence-electron chi connectivity index (χ4n) is 2.15. The van der Waals surface area contributed by atoms with Crippen molar-refractivity contribution in [3.63, 3.8) is 0 Å². The predicted molar refractivity (Wildman–Crippen MR) is 82.0 cm³/mol. The van der Waals surface area contributed by atoms with Gasteiger partial charge in [0, 0.05) is 24.4 Å². The molecule has 20 heavy (non-hydrogen) atoms. The molecule has 3 rings (SSSR count). The van der Waals surface area contributed by atoms with E-state index in [4.69, 9.17) is 9.31 Å². The second-order valence-corrected chi connectivity index (χ2v) is 6.53. The summed E-state index contributed by atoms with van der Waals surface area (Å²) in [5, 5.41) is 4.39. The third-order valence-electron chi connectivity index (χ3n) is 4.32. The van der Waals surface area contributed by atoms with Gasteiger partial charge in [0.2, 0.25) is 0 Å². The van der Waals surface area contributed by atoms with Crippen molar-refractivity contribution in [3.05, 3.63) is 12.4 Å². The van der Waals surface area contributed by atoms with Crippen molar-refractivity contribution in [1.82, 2.24) is 9.78 Å². The topological polar surface area (TPSA) is 36.3 Å². The molecular formula is C15H27BN2O2. The zero-order valence-corrected chi connectivity index (χ0v) is 13.6. The standard InChI is InChI=1S/C13H21BN2O2.C2H6/c1-12(2)13(3,4)18-14(17-12)11-7-15-16(9-11)8-10-5-6-10;1-2/h7,9-10H,5-6,8H2,1-4H3;1-2H3. The maximum absolute atomic E-state index is 6.01. The van der Waals surface area contributed by atoms with Gasteiger partial charge >= 0.3 is 7.12 Å². The minimum absolute atomic E-state index is 0.281. The van der Waals surface area contributed by atoms with Crippen LogP contribution >= 0.6 is 0 Å². The molecule has 1 aromatic rings. The van der Waals surface area contributed by atoms with E-state index in [1.807, 2.05) is 24.7 Å². The van der Waals surface area contributed by atoms with E-state index in [1.54, 1.807) is 0 Å². The zero-order valence-electron chi connectivity index (χ0n) is 13.6. The summed E-state index contributed by atoms with van der Waals surface area (Å²) in [6, 6.07) is 0. The molecule has 1 aliphatic carbocycles. The molecule has 0 bridgehead atoms. The molecule has 0 aromatic carbocycles. The molecule has 1 saturated carbocycles. The molecule has 0 atom stereocenters. The number of hydrogen-bond acceptors (Lipinski definition) is 3. The van der Waals surface area contributed by atoms with E-state index < -0.39 is 0 Å². The molecule has 5 heteroatoms. The zero-order chi connectivity index (χ0) is 15.0. The lowest BCUT2D eigenvalue weighted by molar-refractivity contribution is 0.00578. The highest BCUT2D eigenvalue weighted by Crippen LogP contribution is 2.36. The maximum Gasteiger partial charge on any atom is 0.498 e. The summed E-state index contributed by atoms with van der Waals surface area (Å²) in [5.74, 6) is 0.830. The monoisotopic (exact) mass is 278 g/mol. The Balaban J connectivity index is 0.000000704. The molecule has 112 valence electrons. The van der Waals surface area contributed by atoms with Gasteiger partial charge in [0.05, 0.1) is 11.2 Å². The van der Waals surface area contributed by atoms with E-state index in [1.165, 1.54) is 12.8 Å². The largest absolute Gasteiger partial charge is 0.498 e. The van der Waals surface area contributed by atoms with Crippen LogP contribution in [0.2, 0.25) is 0 Å². The van der Waals surface area contributed by atoms with Gasteiger partial charge in [-0.05, 0) is 46.5 Å². The molecule has 0 unspecified atom stereocenters. The van der Waals surface area contributed by atoms with E-state index in [9.17, 15) is 0 Å². The first kappa shape index (κ1) is 15.6. The van der Waals surface area contributed by atoms with Crippen molar-refractivity contribution in [2.24, 2.45) is 5.92 Å². The van der Waals surface area contributed by atoms with Gasteiger partial charge in [-0.25, -0.2) is 0 Å². The highest BCUT2D eigenvalue weighted by Gasteiger charge is 2.52. The summed E-state index contributed by atoms with van der Waals surface area (Å²) >= 11 is 0. The van der Waals surface area contributed by atoms with Crippen LogP contribution in [0.15, 0.2) is 12.4 Å². The van der Waals surface area contributed by atoms with Gasteiger partial charge in [-0.2, -0.15) is 5.10 Å². The van der Waals surface area contributed by atoms with Crippen LogP contribution in [-0.2, 0) is 15.9 Å². The minimum Gasteiger partial charge on any atom is -0.399 e. The second-order valence-electron chi connectivity index (χ2n) is 6.53. The Bertz CT molecular complexity index is 436. The van der Waals surface area contributed by atoms with Crippen molar-refractivity contribution < 1.29 is 9.31 Å². The number of nitrogens with zero attached hydrogens (tertiary/aromatic N) is 2. The molecule has 2 fully saturated rings. The highest BCUT2D eigenvalue weighted by atomic mass is 16.7. The third-order valence-corrected chi connectivity index (χ3v) is 4.32. The summed E-state index contributed by atoms with van der Waals surface area (Å²) in [4.78, 5) is 0. The van der Waals surface area contributed by atoms with E-state index in [2.05, 4.69) is 39.0 Å². The summed E-state index contributed by atoms with van der Waals surface area (Å²) in [7, 11) is -0.289. The van der Waals surface area contributed by atoms with Crippen LogP contribution in [-0.4, -0.2) is 28.1 Å². The lowest BCUT2D eigenvalue weighted by atomic mass is 9.82. The van der Waals surface area contributed by atoms with Crippen molar-refractivity contribution in [3.8, 4) is 0 Å². The van der Waals surface area contributed by atoms with Crippen LogP contribution in [0.4, 0.5) is 0 Å². The van der Waals surface area contributed by atoms with Gasteiger partial charge in [-0.1, -0.05) is 13.8 Å². The Morgan fingerprint density at radius 3 is 2.25 bits per heavy atom. The van der Waals surface area contributed by atoms with Crippen molar-refractivity contribution in [1.29, 1.82) is 0 Å².